The molecule has 1 aliphatic rings. The lowest BCUT2D eigenvalue weighted by Crippen LogP contribution is -2.31. The third-order valence-corrected chi connectivity index (χ3v) is 5.15. The number of aromatic nitrogens is 3. The van der Waals surface area contributed by atoms with E-state index in [-0.39, 0.29) is 18.2 Å². The van der Waals surface area contributed by atoms with Crippen LogP contribution in [0.4, 0.5) is 4.39 Å². The molecule has 1 fully saturated rings. The van der Waals surface area contributed by atoms with Gasteiger partial charge in [0.05, 0.1) is 23.9 Å². The number of cyclic esters (lactones) is 1. The number of halogens is 1. The Balaban J connectivity index is 1.86. The van der Waals surface area contributed by atoms with Crippen molar-refractivity contribution < 1.29 is 19.0 Å². The van der Waals surface area contributed by atoms with Crippen LogP contribution < -0.4 is 0 Å². The first-order valence-electron chi connectivity index (χ1n) is 10.3. The van der Waals surface area contributed by atoms with Crippen LogP contribution in [0.25, 0.3) is 23.2 Å². The lowest BCUT2D eigenvalue weighted by Gasteiger charge is -2.23. The van der Waals surface area contributed by atoms with Gasteiger partial charge in [-0.25, -0.2) is 14.1 Å². The molecule has 1 N–H and O–H groups in total. The highest BCUT2D eigenvalue weighted by Crippen LogP contribution is 2.33. The molecule has 2 unspecified atom stereocenters. The molecule has 0 spiro atoms. The Morgan fingerprint density at radius 3 is 2.65 bits per heavy atom. The summed E-state index contributed by atoms with van der Waals surface area (Å²) in [5, 5.41) is 14.7. The van der Waals surface area contributed by atoms with Crippen molar-refractivity contribution >= 4 is 12.0 Å². The fraction of sp³-hybridized carbons (Fsp3) is 0.292. The van der Waals surface area contributed by atoms with Crippen molar-refractivity contribution in [1.82, 2.24) is 14.8 Å². The van der Waals surface area contributed by atoms with Gasteiger partial charge in [-0.3, -0.25) is 4.79 Å². The summed E-state index contributed by atoms with van der Waals surface area (Å²) < 4.78 is 20.7. The van der Waals surface area contributed by atoms with Crippen molar-refractivity contribution in [2.75, 3.05) is 0 Å². The summed E-state index contributed by atoms with van der Waals surface area (Å²) in [5.74, 6) is 0.00329. The Bertz CT molecular complexity index is 1090. The van der Waals surface area contributed by atoms with E-state index >= 15 is 0 Å². The minimum Gasteiger partial charge on any atom is -0.458 e. The van der Waals surface area contributed by atoms with E-state index in [9.17, 15) is 14.3 Å². The van der Waals surface area contributed by atoms with Crippen LogP contribution in [-0.4, -0.2) is 38.0 Å². The normalized spacial score (nSPS) is 19.2. The molecule has 3 heterocycles. The summed E-state index contributed by atoms with van der Waals surface area (Å²) in [7, 11) is 0. The Labute approximate surface area is 180 Å². The van der Waals surface area contributed by atoms with Crippen LogP contribution in [0.1, 0.15) is 43.9 Å². The zero-order chi connectivity index (χ0) is 22.0. The van der Waals surface area contributed by atoms with Gasteiger partial charge in [-0.2, -0.15) is 5.10 Å². The number of carbonyl (C=O) groups excluding carboxylic acids is 1. The van der Waals surface area contributed by atoms with Crippen LogP contribution in [0.5, 0.6) is 0 Å². The monoisotopic (exact) mass is 421 g/mol. The first-order chi connectivity index (χ1) is 14.9. The molecule has 1 aromatic carbocycles. The molecule has 31 heavy (non-hydrogen) atoms. The number of pyridine rings is 1. The minimum atomic E-state index is -0.715. The Kier molecular flexibility index (Phi) is 5.95. The van der Waals surface area contributed by atoms with Gasteiger partial charge in [0.1, 0.15) is 11.9 Å². The van der Waals surface area contributed by atoms with Gasteiger partial charge in [0.25, 0.3) is 0 Å². The van der Waals surface area contributed by atoms with Gasteiger partial charge >= 0.3 is 5.97 Å². The Hall–Kier alpha value is -3.32. The van der Waals surface area contributed by atoms with E-state index in [0.717, 1.165) is 22.5 Å². The van der Waals surface area contributed by atoms with Gasteiger partial charge in [-0.1, -0.05) is 26.0 Å². The molecule has 1 saturated heterocycles. The molecule has 1 aliphatic heterocycles. The van der Waals surface area contributed by atoms with Crippen LogP contribution in [0.3, 0.4) is 0 Å². The van der Waals surface area contributed by atoms with Crippen molar-refractivity contribution in [2.24, 2.45) is 0 Å². The van der Waals surface area contributed by atoms with Gasteiger partial charge in [-0.05, 0) is 48.4 Å². The van der Waals surface area contributed by atoms with Gasteiger partial charge in [-0.15, -0.1) is 0 Å². The number of ether oxygens (including phenoxy) is 1. The zero-order valence-electron chi connectivity index (χ0n) is 17.4. The van der Waals surface area contributed by atoms with Crippen molar-refractivity contribution in [3.63, 3.8) is 0 Å². The topological polar surface area (TPSA) is 77.2 Å². The molecule has 0 amide bonds. The summed E-state index contributed by atoms with van der Waals surface area (Å²) >= 11 is 0. The highest BCUT2D eigenvalue weighted by molar-refractivity contribution is 5.76. The SMILES string of the molecule is CC(C)c1nn(-c2ccccn2)c(-c2ccc(F)cc2)c1C=CC1CC(O)CC(=O)O1. The van der Waals surface area contributed by atoms with E-state index in [1.807, 2.05) is 38.1 Å². The molecule has 2 atom stereocenters. The summed E-state index contributed by atoms with van der Waals surface area (Å²) in [6.07, 6.45) is 4.47. The quantitative estimate of drug-likeness (QED) is 0.623. The second kappa shape index (κ2) is 8.81. The van der Waals surface area contributed by atoms with Crippen molar-refractivity contribution in [1.29, 1.82) is 0 Å². The maximum atomic E-state index is 13.6. The number of nitrogens with zero attached hydrogens (tertiary/aromatic N) is 3. The fourth-order valence-corrected chi connectivity index (χ4v) is 3.70. The number of hydrogen-bond donors (Lipinski definition) is 1. The van der Waals surface area contributed by atoms with Crippen molar-refractivity contribution in [3.05, 3.63) is 71.8 Å². The van der Waals surface area contributed by atoms with Gasteiger partial charge in [0.2, 0.25) is 0 Å². The van der Waals surface area contributed by atoms with Crippen LogP contribution >= 0.6 is 0 Å². The number of aliphatic hydroxyl groups excluding tert-OH is 1. The molecule has 7 heteroatoms. The van der Waals surface area contributed by atoms with E-state index in [4.69, 9.17) is 9.84 Å². The highest BCUT2D eigenvalue weighted by atomic mass is 19.1. The van der Waals surface area contributed by atoms with Crippen molar-refractivity contribution in [3.8, 4) is 17.1 Å². The second-order valence-corrected chi connectivity index (χ2v) is 7.89. The molecule has 3 aromatic rings. The Morgan fingerprint density at radius 1 is 1.23 bits per heavy atom. The molecule has 160 valence electrons. The van der Waals surface area contributed by atoms with Gasteiger partial charge < -0.3 is 9.84 Å². The number of aliphatic hydroxyl groups is 1. The Morgan fingerprint density at radius 2 is 2.00 bits per heavy atom. The third-order valence-electron chi connectivity index (χ3n) is 5.15. The number of esters is 1. The van der Waals surface area contributed by atoms with E-state index < -0.39 is 18.2 Å². The lowest BCUT2D eigenvalue weighted by molar-refractivity contribution is -0.156. The predicted octanol–water partition coefficient (Wildman–Crippen LogP) is 4.28. The first kappa shape index (κ1) is 20.9. The predicted molar refractivity (Wildman–Crippen MR) is 115 cm³/mol. The number of carbonyl (C=O) groups is 1. The van der Waals surface area contributed by atoms with Gasteiger partial charge in [0.15, 0.2) is 5.82 Å². The molecule has 0 radical (unpaired) electrons. The molecule has 0 saturated carbocycles. The smallest absolute Gasteiger partial charge is 0.309 e. The highest BCUT2D eigenvalue weighted by Gasteiger charge is 2.26. The minimum absolute atomic E-state index is 0.0139. The molecular formula is C24H24FN3O3. The maximum Gasteiger partial charge on any atom is 0.309 e. The average Bonchev–Trinajstić information content (AvgIpc) is 3.12. The number of benzene rings is 1. The molecule has 0 bridgehead atoms. The van der Waals surface area contributed by atoms with E-state index in [1.165, 1.54) is 12.1 Å². The van der Waals surface area contributed by atoms with E-state index in [2.05, 4.69) is 4.98 Å². The van der Waals surface area contributed by atoms with Gasteiger partial charge in [0, 0.05) is 23.7 Å². The average molecular weight is 421 g/mol. The summed E-state index contributed by atoms with van der Waals surface area (Å²) in [5.41, 5.74) is 3.22. The summed E-state index contributed by atoms with van der Waals surface area (Å²) in [6, 6.07) is 11.8. The molecule has 0 aliphatic carbocycles. The van der Waals surface area contributed by atoms with E-state index in [0.29, 0.717) is 12.2 Å². The number of hydrogen-bond acceptors (Lipinski definition) is 5. The first-order valence-corrected chi connectivity index (χ1v) is 10.3. The molecule has 4 rings (SSSR count). The number of rotatable bonds is 5. The molecule has 2 aromatic heterocycles. The van der Waals surface area contributed by atoms with Crippen LogP contribution in [0.15, 0.2) is 54.7 Å². The molecule has 6 nitrogen and oxygen atoms in total. The summed E-state index contributed by atoms with van der Waals surface area (Å²) in [6.45, 7) is 4.09. The lowest BCUT2D eigenvalue weighted by atomic mass is 9.98. The largest absolute Gasteiger partial charge is 0.458 e. The van der Waals surface area contributed by atoms with Crippen LogP contribution in [0.2, 0.25) is 0 Å². The van der Waals surface area contributed by atoms with Crippen molar-refractivity contribution in [2.45, 2.75) is 44.8 Å². The third kappa shape index (κ3) is 4.56. The standard InChI is InChI=1S/C24H24FN3O3/c1-15(2)23-20(11-10-19-13-18(29)14-22(30)31-19)24(16-6-8-17(25)9-7-16)28(27-23)21-5-3-4-12-26-21/h3-12,15,18-19,29H,13-14H2,1-2H3. The molecular weight excluding hydrogens is 397 g/mol. The second-order valence-electron chi connectivity index (χ2n) is 7.89. The van der Waals surface area contributed by atoms with E-state index in [1.54, 1.807) is 29.1 Å². The fourth-order valence-electron chi connectivity index (χ4n) is 3.70. The van der Waals surface area contributed by atoms with Crippen LogP contribution in [-0.2, 0) is 9.53 Å². The summed E-state index contributed by atoms with van der Waals surface area (Å²) in [4.78, 5) is 16.1. The maximum absolute atomic E-state index is 13.6. The zero-order valence-corrected chi connectivity index (χ0v) is 17.4. The van der Waals surface area contributed by atoms with Crippen LogP contribution in [0, 0.1) is 5.82 Å².